The first kappa shape index (κ1) is 11.0. The molecule has 0 heterocycles. The highest BCUT2D eigenvalue weighted by Crippen LogP contribution is 2.34. The number of carbonyl (C=O) groups excluding carboxylic acids is 2. The smallest absolute Gasteiger partial charge is 0.320 e. The topological polar surface area (TPSA) is 52.6 Å². The van der Waals surface area contributed by atoms with Gasteiger partial charge in [-0.05, 0) is 25.7 Å². The largest absolute Gasteiger partial charge is 0.468 e. The molecule has 0 aromatic carbocycles. The summed E-state index contributed by atoms with van der Waals surface area (Å²) in [6, 6.07) is 0. The third kappa shape index (κ3) is 2.25. The molecule has 0 aromatic heterocycles. The second kappa shape index (κ2) is 4.98. The van der Waals surface area contributed by atoms with E-state index in [1.165, 1.54) is 7.11 Å². The normalized spacial score (nSPS) is 18.1. The number of esters is 2. The van der Waals surface area contributed by atoms with E-state index >= 15 is 0 Å². The lowest BCUT2D eigenvalue weighted by molar-refractivity contribution is -0.164. The Morgan fingerprint density at radius 2 is 2.00 bits per heavy atom. The van der Waals surface area contributed by atoms with Crippen LogP contribution >= 0.6 is 0 Å². The van der Waals surface area contributed by atoms with Crippen LogP contribution in [-0.2, 0) is 19.1 Å². The predicted molar refractivity (Wildman–Crippen MR) is 49.5 cm³/mol. The molecule has 1 unspecified atom stereocenters. The summed E-state index contributed by atoms with van der Waals surface area (Å²) in [4.78, 5) is 22.8. The van der Waals surface area contributed by atoms with Crippen LogP contribution in [0.3, 0.4) is 0 Å². The van der Waals surface area contributed by atoms with Crippen LogP contribution in [0.5, 0.6) is 0 Å². The van der Waals surface area contributed by atoms with Gasteiger partial charge in [-0.15, -0.1) is 0 Å². The zero-order chi connectivity index (χ0) is 10.6. The fourth-order valence-electron chi connectivity index (χ4n) is 1.61. The first-order chi connectivity index (χ1) is 6.70. The van der Waals surface area contributed by atoms with Crippen LogP contribution in [0.15, 0.2) is 0 Å². The molecule has 80 valence electrons. The van der Waals surface area contributed by atoms with Gasteiger partial charge in [0.25, 0.3) is 0 Å². The number of rotatable bonds is 4. The van der Waals surface area contributed by atoms with Gasteiger partial charge in [0, 0.05) is 0 Å². The van der Waals surface area contributed by atoms with E-state index in [2.05, 4.69) is 4.74 Å². The molecule has 0 amide bonds. The van der Waals surface area contributed by atoms with E-state index in [0.717, 1.165) is 19.3 Å². The van der Waals surface area contributed by atoms with Gasteiger partial charge in [0.2, 0.25) is 0 Å². The minimum atomic E-state index is -0.700. The highest BCUT2D eigenvalue weighted by atomic mass is 16.5. The van der Waals surface area contributed by atoms with Crippen molar-refractivity contribution in [2.24, 2.45) is 11.8 Å². The molecule has 1 rings (SSSR count). The van der Waals surface area contributed by atoms with Crippen molar-refractivity contribution in [3.63, 3.8) is 0 Å². The van der Waals surface area contributed by atoms with Crippen molar-refractivity contribution in [1.29, 1.82) is 0 Å². The Morgan fingerprint density at radius 3 is 2.36 bits per heavy atom. The van der Waals surface area contributed by atoms with E-state index in [4.69, 9.17) is 4.74 Å². The van der Waals surface area contributed by atoms with Gasteiger partial charge < -0.3 is 9.47 Å². The van der Waals surface area contributed by atoms with Crippen molar-refractivity contribution in [2.75, 3.05) is 13.7 Å². The third-order valence-corrected chi connectivity index (χ3v) is 2.62. The van der Waals surface area contributed by atoms with Gasteiger partial charge in [0.05, 0.1) is 13.7 Å². The van der Waals surface area contributed by atoms with Gasteiger partial charge in [0.1, 0.15) is 0 Å². The number of methoxy groups -OCH3 is 1. The van der Waals surface area contributed by atoms with Crippen molar-refractivity contribution < 1.29 is 19.1 Å². The average molecular weight is 200 g/mol. The van der Waals surface area contributed by atoms with Crippen LogP contribution in [0.25, 0.3) is 0 Å². The minimum Gasteiger partial charge on any atom is -0.468 e. The van der Waals surface area contributed by atoms with Crippen molar-refractivity contribution >= 4 is 11.9 Å². The van der Waals surface area contributed by atoms with Gasteiger partial charge in [-0.3, -0.25) is 9.59 Å². The molecule has 0 saturated heterocycles. The molecule has 4 nitrogen and oxygen atoms in total. The maximum atomic E-state index is 11.5. The molecule has 0 aromatic rings. The minimum absolute atomic E-state index is 0.126. The lowest BCUT2D eigenvalue weighted by Crippen LogP contribution is -2.37. The monoisotopic (exact) mass is 200 g/mol. The number of carbonyl (C=O) groups is 2. The Bertz CT molecular complexity index is 220. The lowest BCUT2D eigenvalue weighted by atomic mass is 9.76. The molecule has 0 radical (unpaired) electrons. The van der Waals surface area contributed by atoms with E-state index in [-0.39, 0.29) is 5.92 Å². The Hall–Kier alpha value is -1.06. The average Bonchev–Trinajstić information content (AvgIpc) is 2.10. The molecule has 1 saturated carbocycles. The quantitative estimate of drug-likeness (QED) is 0.504. The molecule has 1 aliphatic carbocycles. The van der Waals surface area contributed by atoms with Gasteiger partial charge in [-0.25, -0.2) is 0 Å². The highest BCUT2D eigenvalue weighted by Gasteiger charge is 2.39. The van der Waals surface area contributed by atoms with Crippen molar-refractivity contribution in [2.45, 2.75) is 26.2 Å². The molecular formula is C10H16O4. The van der Waals surface area contributed by atoms with Crippen LogP contribution < -0.4 is 0 Å². The van der Waals surface area contributed by atoms with E-state index in [1.807, 2.05) is 0 Å². The number of hydrogen-bond donors (Lipinski definition) is 0. The summed E-state index contributed by atoms with van der Waals surface area (Å²) in [7, 11) is 1.30. The zero-order valence-electron chi connectivity index (χ0n) is 8.62. The van der Waals surface area contributed by atoms with Gasteiger partial charge >= 0.3 is 11.9 Å². The van der Waals surface area contributed by atoms with Crippen LogP contribution in [0.1, 0.15) is 26.2 Å². The van der Waals surface area contributed by atoms with E-state index in [1.54, 1.807) is 6.92 Å². The molecular weight excluding hydrogens is 184 g/mol. The summed E-state index contributed by atoms with van der Waals surface area (Å²) in [6.07, 6.45) is 2.91. The molecule has 0 spiro atoms. The van der Waals surface area contributed by atoms with E-state index in [0.29, 0.717) is 6.61 Å². The molecule has 0 N–H and O–H groups in total. The molecule has 1 aliphatic rings. The fraction of sp³-hybridized carbons (Fsp3) is 0.800. The summed E-state index contributed by atoms with van der Waals surface area (Å²) < 4.78 is 9.44. The molecule has 4 heteroatoms. The summed E-state index contributed by atoms with van der Waals surface area (Å²) in [5, 5.41) is 0. The summed E-state index contributed by atoms with van der Waals surface area (Å²) in [5.74, 6) is -1.48. The van der Waals surface area contributed by atoms with E-state index in [9.17, 15) is 9.59 Å². The second-order valence-electron chi connectivity index (χ2n) is 3.44. The number of ether oxygens (including phenoxy) is 2. The summed E-state index contributed by atoms with van der Waals surface area (Å²) in [6.45, 7) is 2.03. The zero-order valence-corrected chi connectivity index (χ0v) is 8.62. The number of hydrogen-bond acceptors (Lipinski definition) is 4. The summed E-state index contributed by atoms with van der Waals surface area (Å²) >= 11 is 0. The van der Waals surface area contributed by atoms with Crippen LogP contribution in [-0.4, -0.2) is 25.7 Å². The van der Waals surface area contributed by atoms with Crippen LogP contribution in [0, 0.1) is 11.8 Å². The Morgan fingerprint density at radius 1 is 1.36 bits per heavy atom. The highest BCUT2D eigenvalue weighted by molar-refractivity contribution is 5.95. The van der Waals surface area contributed by atoms with Crippen molar-refractivity contribution in [1.82, 2.24) is 0 Å². The molecule has 0 aliphatic heterocycles. The van der Waals surface area contributed by atoms with E-state index < -0.39 is 17.9 Å². The van der Waals surface area contributed by atoms with Gasteiger partial charge in [-0.1, -0.05) is 6.42 Å². The Balaban J connectivity index is 2.60. The Labute approximate surface area is 83.6 Å². The summed E-state index contributed by atoms with van der Waals surface area (Å²) in [5.41, 5.74) is 0. The second-order valence-corrected chi connectivity index (χ2v) is 3.44. The van der Waals surface area contributed by atoms with Gasteiger partial charge in [-0.2, -0.15) is 0 Å². The Kier molecular flexibility index (Phi) is 3.92. The molecule has 1 atom stereocenters. The van der Waals surface area contributed by atoms with Crippen molar-refractivity contribution in [3.8, 4) is 0 Å². The van der Waals surface area contributed by atoms with Crippen molar-refractivity contribution in [3.05, 3.63) is 0 Å². The predicted octanol–water partition coefficient (Wildman–Crippen LogP) is 1.14. The molecule has 14 heavy (non-hydrogen) atoms. The van der Waals surface area contributed by atoms with Crippen LogP contribution in [0.4, 0.5) is 0 Å². The SMILES string of the molecule is CCOC(=O)C(C(=O)OC)C1CCC1. The molecule has 1 fully saturated rings. The van der Waals surface area contributed by atoms with Crippen LogP contribution in [0.2, 0.25) is 0 Å². The molecule has 0 bridgehead atoms. The third-order valence-electron chi connectivity index (χ3n) is 2.62. The maximum Gasteiger partial charge on any atom is 0.320 e. The fourth-order valence-corrected chi connectivity index (χ4v) is 1.61. The van der Waals surface area contributed by atoms with Gasteiger partial charge in [0.15, 0.2) is 5.92 Å². The first-order valence-corrected chi connectivity index (χ1v) is 4.95. The standard InChI is InChI=1S/C10H16O4/c1-3-14-10(12)8(9(11)13-2)7-5-4-6-7/h7-8H,3-6H2,1-2H3. The maximum absolute atomic E-state index is 11.5. The lowest BCUT2D eigenvalue weighted by Gasteiger charge is -2.30. The first-order valence-electron chi connectivity index (χ1n) is 4.95.